The molecule has 0 radical (unpaired) electrons. The van der Waals surface area contributed by atoms with Gasteiger partial charge in [-0.15, -0.1) is 17.8 Å². The highest BCUT2D eigenvalue weighted by atomic mass is 32.1. The molecular weight excluding hydrogens is 346 g/mol. The van der Waals surface area contributed by atoms with Gasteiger partial charge >= 0.3 is 0 Å². The number of fused-ring (bicyclic) bond motifs is 2. The first kappa shape index (κ1) is 17.5. The van der Waals surface area contributed by atoms with Crippen molar-refractivity contribution in [2.75, 3.05) is 0 Å². The van der Waals surface area contributed by atoms with E-state index in [1.54, 1.807) is 11.3 Å². The molecular formula is C25H21NS. The number of benzene rings is 3. The summed E-state index contributed by atoms with van der Waals surface area (Å²) >= 11 is 1.69. The zero-order valence-electron chi connectivity index (χ0n) is 15.2. The number of hydrogen-bond donors (Lipinski definition) is 1. The molecule has 2 aromatic carbocycles. The van der Waals surface area contributed by atoms with Crippen LogP contribution >= 0.6 is 11.3 Å². The van der Waals surface area contributed by atoms with Crippen LogP contribution in [0.25, 0.3) is 21.9 Å². The van der Waals surface area contributed by atoms with Gasteiger partial charge in [-0.2, -0.15) is 0 Å². The summed E-state index contributed by atoms with van der Waals surface area (Å²) < 4.78 is 0. The molecule has 2 aliphatic carbocycles. The van der Waals surface area contributed by atoms with Crippen molar-refractivity contribution in [3.63, 3.8) is 0 Å². The highest BCUT2D eigenvalue weighted by molar-refractivity contribution is 7.10. The highest BCUT2D eigenvalue weighted by Gasteiger charge is 2.15. The van der Waals surface area contributed by atoms with Crippen LogP contribution in [0, 0.1) is 12.3 Å². The molecule has 27 heavy (non-hydrogen) atoms. The van der Waals surface area contributed by atoms with E-state index in [4.69, 9.17) is 6.42 Å². The van der Waals surface area contributed by atoms with E-state index in [0.29, 0.717) is 0 Å². The first-order valence-electron chi connectivity index (χ1n) is 9.10. The van der Waals surface area contributed by atoms with Gasteiger partial charge in [0.25, 0.3) is 0 Å². The second-order valence-corrected chi connectivity index (χ2v) is 7.63. The first-order chi connectivity index (χ1) is 13.3. The van der Waals surface area contributed by atoms with Crippen LogP contribution in [0.3, 0.4) is 0 Å². The summed E-state index contributed by atoms with van der Waals surface area (Å²) in [7, 11) is 0. The Hall–Kier alpha value is -2.86. The molecule has 0 bridgehead atoms. The lowest BCUT2D eigenvalue weighted by molar-refractivity contribution is 0.545. The summed E-state index contributed by atoms with van der Waals surface area (Å²) in [6, 6.07) is 27.6. The second-order valence-electron chi connectivity index (χ2n) is 6.65. The lowest BCUT2D eigenvalue weighted by Gasteiger charge is -2.20. The summed E-state index contributed by atoms with van der Waals surface area (Å²) in [6.07, 6.45) is 5.70. The fourth-order valence-corrected chi connectivity index (χ4v) is 4.04. The van der Waals surface area contributed by atoms with Gasteiger partial charge in [-0.3, -0.25) is 5.32 Å². The van der Waals surface area contributed by atoms with Gasteiger partial charge in [-0.05, 0) is 45.8 Å². The molecule has 132 valence electrons. The molecule has 2 heteroatoms. The Kier molecular flexibility index (Phi) is 5.07. The number of terminal acetylenes is 1. The van der Waals surface area contributed by atoms with Crippen molar-refractivity contribution < 1.29 is 0 Å². The van der Waals surface area contributed by atoms with Gasteiger partial charge in [0.2, 0.25) is 0 Å². The molecule has 1 heterocycles. The summed E-state index contributed by atoms with van der Waals surface area (Å²) in [6.45, 7) is 2.17. The maximum absolute atomic E-state index is 5.70. The number of nitrogens with one attached hydrogen (secondary N) is 1. The van der Waals surface area contributed by atoms with Gasteiger partial charge in [0.1, 0.15) is 6.04 Å². The average molecular weight is 368 g/mol. The van der Waals surface area contributed by atoms with E-state index in [1.807, 2.05) is 6.07 Å². The van der Waals surface area contributed by atoms with Crippen molar-refractivity contribution >= 4 is 22.1 Å². The summed E-state index contributed by atoms with van der Waals surface area (Å²) in [5.41, 5.74) is 4.13. The molecule has 0 spiro atoms. The van der Waals surface area contributed by atoms with Crippen molar-refractivity contribution in [2.45, 2.75) is 19.0 Å². The van der Waals surface area contributed by atoms with Crippen molar-refractivity contribution in [3.8, 4) is 23.5 Å². The molecule has 2 aliphatic rings. The van der Waals surface area contributed by atoms with Crippen LogP contribution in [0.5, 0.6) is 0 Å². The SMILES string of the molecule is C#CC(NC(C)c1cccc2ccccc12)c1cccs1.c1cc2ccc1-2. The monoisotopic (exact) mass is 367 g/mol. The highest BCUT2D eigenvalue weighted by Crippen LogP contribution is 2.29. The van der Waals surface area contributed by atoms with E-state index >= 15 is 0 Å². The largest absolute Gasteiger partial charge is 0.293 e. The average Bonchev–Trinajstić information content (AvgIpc) is 3.23. The molecule has 0 saturated carbocycles. The molecule has 0 fully saturated rings. The maximum Gasteiger partial charge on any atom is 0.104 e. The number of thiophene rings is 1. The third kappa shape index (κ3) is 3.66. The van der Waals surface area contributed by atoms with Crippen molar-refractivity contribution in [3.05, 3.63) is 94.7 Å². The Labute approximate surface area is 164 Å². The van der Waals surface area contributed by atoms with E-state index in [2.05, 4.69) is 96.3 Å². The Morgan fingerprint density at radius 3 is 2.15 bits per heavy atom. The van der Waals surface area contributed by atoms with Crippen molar-refractivity contribution in [2.24, 2.45) is 0 Å². The van der Waals surface area contributed by atoms with Crippen LogP contribution < -0.4 is 5.32 Å². The molecule has 0 amide bonds. The minimum atomic E-state index is -0.0426. The molecule has 0 saturated heterocycles. The summed E-state index contributed by atoms with van der Waals surface area (Å²) in [5, 5.41) is 8.15. The van der Waals surface area contributed by atoms with Gasteiger partial charge in [0.15, 0.2) is 0 Å². The van der Waals surface area contributed by atoms with Gasteiger partial charge in [0.05, 0.1) is 0 Å². The van der Waals surface area contributed by atoms with Gasteiger partial charge in [-0.1, -0.05) is 78.7 Å². The van der Waals surface area contributed by atoms with Gasteiger partial charge in [0, 0.05) is 10.9 Å². The molecule has 5 rings (SSSR count). The zero-order chi connectivity index (χ0) is 18.6. The van der Waals surface area contributed by atoms with E-state index < -0.39 is 0 Å². The Morgan fingerprint density at radius 1 is 0.852 bits per heavy atom. The fraction of sp³-hybridized carbons (Fsp3) is 0.120. The van der Waals surface area contributed by atoms with Crippen LogP contribution in [0.2, 0.25) is 0 Å². The topological polar surface area (TPSA) is 12.0 Å². The van der Waals surface area contributed by atoms with E-state index in [0.717, 1.165) is 0 Å². The zero-order valence-corrected chi connectivity index (χ0v) is 16.0. The van der Waals surface area contributed by atoms with E-state index in [9.17, 15) is 0 Å². The lowest BCUT2D eigenvalue weighted by atomic mass is 9.95. The predicted octanol–water partition coefficient (Wildman–Crippen LogP) is 6.59. The minimum absolute atomic E-state index is 0.0426. The predicted molar refractivity (Wildman–Crippen MR) is 117 cm³/mol. The molecule has 2 unspecified atom stereocenters. The molecule has 1 nitrogen and oxygen atoms in total. The lowest BCUT2D eigenvalue weighted by Crippen LogP contribution is -2.23. The Balaban J connectivity index is 0.000000250. The Morgan fingerprint density at radius 2 is 1.56 bits per heavy atom. The van der Waals surface area contributed by atoms with Crippen LogP contribution in [0.4, 0.5) is 0 Å². The smallest absolute Gasteiger partial charge is 0.104 e. The third-order valence-corrected chi connectivity index (χ3v) is 5.86. The van der Waals surface area contributed by atoms with E-state index in [1.165, 1.54) is 32.3 Å². The fourth-order valence-electron chi connectivity index (χ4n) is 3.30. The van der Waals surface area contributed by atoms with Crippen LogP contribution in [0.15, 0.2) is 84.2 Å². The summed E-state index contributed by atoms with van der Waals surface area (Å²) in [4.78, 5) is 1.18. The molecule has 0 aliphatic heterocycles. The second kappa shape index (κ2) is 7.80. The van der Waals surface area contributed by atoms with Crippen molar-refractivity contribution in [1.29, 1.82) is 0 Å². The quantitative estimate of drug-likeness (QED) is 0.353. The summed E-state index contributed by atoms with van der Waals surface area (Å²) in [5.74, 6) is 2.85. The molecule has 1 aromatic heterocycles. The number of rotatable bonds is 4. The molecule has 2 atom stereocenters. The molecule has 3 aromatic rings. The third-order valence-electron chi connectivity index (χ3n) is 4.92. The maximum atomic E-state index is 5.70. The van der Waals surface area contributed by atoms with Gasteiger partial charge in [-0.25, -0.2) is 0 Å². The number of hydrogen-bond acceptors (Lipinski definition) is 2. The Bertz CT molecular complexity index is 1050. The molecule has 1 N–H and O–H groups in total. The van der Waals surface area contributed by atoms with E-state index in [-0.39, 0.29) is 12.1 Å². The minimum Gasteiger partial charge on any atom is -0.293 e. The normalized spacial score (nSPS) is 13.2. The van der Waals surface area contributed by atoms with Crippen molar-refractivity contribution in [1.82, 2.24) is 5.32 Å². The first-order valence-corrected chi connectivity index (χ1v) is 9.98. The van der Waals surface area contributed by atoms with Crippen LogP contribution in [-0.4, -0.2) is 0 Å². The standard InChI is InChI=1S/C19H17NS.C6H4/c1-3-18(19-12-7-13-21-19)20-14(2)16-11-6-9-15-8-4-5-10-17(15)16;1-2-6-4-3-5(1)6/h1,4-14,18,20H,2H3;1-4H. The van der Waals surface area contributed by atoms with Crippen LogP contribution in [-0.2, 0) is 0 Å². The van der Waals surface area contributed by atoms with Crippen LogP contribution in [0.1, 0.15) is 29.4 Å². The van der Waals surface area contributed by atoms with Gasteiger partial charge < -0.3 is 0 Å².